The van der Waals surface area contributed by atoms with Gasteiger partial charge in [0, 0.05) is 31.8 Å². The number of allylic oxidation sites excluding steroid dienone is 1. The largest absolute Gasteiger partial charge is 0.481 e. The molecule has 0 aliphatic rings. The number of hydrogen-bond acceptors (Lipinski definition) is 7. The van der Waals surface area contributed by atoms with Crippen molar-refractivity contribution in [3.05, 3.63) is 83.9 Å². The van der Waals surface area contributed by atoms with E-state index < -0.39 is 64.8 Å². The SMILES string of the molecule is CCCC[C@H](C#C[C@H](/C=C\CCCCCC(=O)O)OC(=O)[C@](OC)(c1ccccc1)C(F)(F)F)OC(=O)[C@](OC)(c1ccccc1)C(F)(F)F. The van der Waals surface area contributed by atoms with Crippen LogP contribution in [0.3, 0.4) is 0 Å². The van der Waals surface area contributed by atoms with Crippen LogP contribution in [0.15, 0.2) is 72.8 Å². The smallest absolute Gasteiger partial charge is 0.432 e. The lowest BCUT2D eigenvalue weighted by Gasteiger charge is -2.33. The number of alkyl halides is 6. The van der Waals surface area contributed by atoms with Crippen LogP contribution in [-0.2, 0) is 44.5 Å². The second-order valence-corrected chi connectivity index (χ2v) is 11.1. The minimum Gasteiger partial charge on any atom is -0.481 e. The zero-order valence-corrected chi connectivity index (χ0v) is 27.8. The van der Waals surface area contributed by atoms with Crippen LogP contribution in [0.5, 0.6) is 0 Å². The molecule has 0 spiro atoms. The van der Waals surface area contributed by atoms with E-state index >= 15 is 0 Å². The number of carboxylic acids is 1. The first-order valence-electron chi connectivity index (χ1n) is 15.8. The predicted octanol–water partition coefficient (Wildman–Crippen LogP) is 7.80. The lowest BCUT2D eigenvalue weighted by Crippen LogP contribution is -2.52. The first kappa shape index (κ1) is 41.8. The summed E-state index contributed by atoms with van der Waals surface area (Å²) in [5, 5.41) is 8.81. The molecule has 0 unspecified atom stereocenters. The maximum Gasteiger partial charge on any atom is 0.432 e. The summed E-state index contributed by atoms with van der Waals surface area (Å²) >= 11 is 0. The van der Waals surface area contributed by atoms with Crippen molar-refractivity contribution in [2.24, 2.45) is 0 Å². The van der Waals surface area contributed by atoms with Crippen molar-refractivity contribution >= 4 is 17.9 Å². The molecule has 2 rings (SSSR count). The Bertz CT molecular complexity index is 1470. The van der Waals surface area contributed by atoms with Gasteiger partial charge in [0.2, 0.25) is 0 Å². The van der Waals surface area contributed by atoms with Crippen LogP contribution in [0.4, 0.5) is 26.3 Å². The van der Waals surface area contributed by atoms with Gasteiger partial charge in [-0.25, -0.2) is 9.59 Å². The predicted molar refractivity (Wildman–Crippen MR) is 169 cm³/mol. The minimum atomic E-state index is -5.30. The zero-order chi connectivity index (χ0) is 37.4. The van der Waals surface area contributed by atoms with Crippen LogP contribution < -0.4 is 0 Å². The van der Waals surface area contributed by atoms with E-state index in [0.29, 0.717) is 52.7 Å². The summed E-state index contributed by atoms with van der Waals surface area (Å²) in [6, 6.07) is 12.1. The molecule has 0 aromatic heterocycles. The molecule has 0 fully saturated rings. The van der Waals surface area contributed by atoms with Gasteiger partial charge in [-0.1, -0.05) is 98.3 Å². The first-order valence-corrected chi connectivity index (χ1v) is 15.8. The van der Waals surface area contributed by atoms with Gasteiger partial charge in [0.15, 0.2) is 12.2 Å². The summed E-state index contributed by atoms with van der Waals surface area (Å²) in [6.45, 7) is 1.76. The molecule has 0 bridgehead atoms. The maximum absolute atomic E-state index is 14.5. The molecular weight excluding hydrogens is 674 g/mol. The molecule has 0 amide bonds. The molecule has 274 valence electrons. The molecule has 0 aliphatic heterocycles. The normalized spacial score (nSPS) is 15.5. The number of carbonyl (C=O) groups is 3. The Hall–Kier alpha value is -4.35. The highest BCUT2D eigenvalue weighted by Crippen LogP contribution is 2.44. The third-order valence-electron chi connectivity index (χ3n) is 7.61. The van der Waals surface area contributed by atoms with E-state index in [2.05, 4.69) is 11.8 Å². The number of benzene rings is 2. The highest BCUT2D eigenvalue weighted by atomic mass is 19.4. The van der Waals surface area contributed by atoms with Crippen LogP contribution in [0.2, 0.25) is 0 Å². The van der Waals surface area contributed by atoms with Crippen molar-refractivity contribution in [1.29, 1.82) is 0 Å². The standard InChI is InChI=1S/C36H40F6O8/c1-4-5-21-28(49-31(45)33(47-2,35(37,38)39)26-17-11-9-12-18-26)24-25-29(22-15-7-6-8-16-23-30(43)44)50-32(46)34(48-3,36(40,41)42)27-19-13-10-14-20-27/h9-15,17-20,22,28-29H,4-8,16,21,23H2,1-3H3,(H,43,44)/b22-15-/t28-,29+,33-,34-/m1/s1. The molecule has 0 radical (unpaired) electrons. The van der Waals surface area contributed by atoms with Crippen molar-refractivity contribution < 1.29 is 64.8 Å². The van der Waals surface area contributed by atoms with E-state index in [1.54, 1.807) is 6.92 Å². The minimum absolute atomic E-state index is 0.0493. The fourth-order valence-electron chi connectivity index (χ4n) is 4.96. The Morgan fingerprint density at radius 3 is 1.68 bits per heavy atom. The number of carboxylic acid groups (broad SMARTS) is 1. The molecule has 2 aromatic rings. The number of esters is 2. The van der Waals surface area contributed by atoms with E-state index in [4.69, 9.17) is 24.1 Å². The highest BCUT2D eigenvalue weighted by Gasteiger charge is 2.65. The topological polar surface area (TPSA) is 108 Å². The number of aliphatic carboxylic acids is 1. The van der Waals surface area contributed by atoms with E-state index in [0.717, 1.165) is 24.3 Å². The number of ether oxygens (including phenoxy) is 4. The van der Waals surface area contributed by atoms with E-state index in [1.165, 1.54) is 48.6 Å². The highest BCUT2D eigenvalue weighted by molar-refractivity contribution is 5.84. The van der Waals surface area contributed by atoms with Crippen LogP contribution in [0, 0.1) is 11.8 Å². The third kappa shape index (κ3) is 10.6. The van der Waals surface area contributed by atoms with Gasteiger partial charge in [0.25, 0.3) is 11.2 Å². The molecule has 4 atom stereocenters. The van der Waals surface area contributed by atoms with Crippen molar-refractivity contribution in [3.63, 3.8) is 0 Å². The van der Waals surface area contributed by atoms with Crippen LogP contribution in [-0.4, -0.2) is 61.8 Å². The Balaban J connectivity index is 2.52. The van der Waals surface area contributed by atoms with Gasteiger partial charge >= 0.3 is 30.3 Å². The number of halogens is 6. The summed E-state index contributed by atoms with van der Waals surface area (Å²) < 4.78 is 107. The average Bonchev–Trinajstić information content (AvgIpc) is 3.06. The van der Waals surface area contributed by atoms with Crippen LogP contribution in [0.1, 0.15) is 69.4 Å². The van der Waals surface area contributed by atoms with Crippen LogP contribution >= 0.6 is 0 Å². The average molecular weight is 715 g/mol. The maximum atomic E-state index is 14.5. The fourth-order valence-corrected chi connectivity index (χ4v) is 4.96. The summed E-state index contributed by atoms with van der Waals surface area (Å²) in [5.41, 5.74) is -8.21. The third-order valence-corrected chi connectivity index (χ3v) is 7.61. The molecule has 0 saturated heterocycles. The molecule has 0 aliphatic carbocycles. The monoisotopic (exact) mass is 714 g/mol. The first-order chi connectivity index (χ1) is 23.6. The van der Waals surface area contributed by atoms with E-state index in [1.807, 2.05) is 0 Å². The van der Waals surface area contributed by atoms with Gasteiger partial charge in [-0.05, 0) is 38.2 Å². The van der Waals surface area contributed by atoms with Gasteiger partial charge in [-0.2, -0.15) is 26.3 Å². The Kier molecular flexibility index (Phi) is 16.0. The summed E-state index contributed by atoms with van der Waals surface area (Å²) in [4.78, 5) is 37.4. The molecule has 0 saturated carbocycles. The second kappa shape index (κ2) is 19.2. The van der Waals surface area contributed by atoms with E-state index in [-0.39, 0.29) is 12.8 Å². The molecule has 50 heavy (non-hydrogen) atoms. The van der Waals surface area contributed by atoms with Gasteiger partial charge < -0.3 is 24.1 Å². The number of unbranched alkanes of at least 4 members (excludes halogenated alkanes) is 4. The zero-order valence-electron chi connectivity index (χ0n) is 27.8. The summed E-state index contributed by atoms with van der Waals surface area (Å²) in [5.74, 6) is 0.274. The second-order valence-electron chi connectivity index (χ2n) is 11.1. The van der Waals surface area contributed by atoms with Crippen molar-refractivity contribution in [2.45, 2.75) is 94.1 Å². The van der Waals surface area contributed by atoms with Gasteiger partial charge in [-0.15, -0.1) is 0 Å². The molecule has 2 aromatic carbocycles. The molecule has 14 heteroatoms. The number of methoxy groups -OCH3 is 2. The molecule has 1 N–H and O–H groups in total. The van der Waals surface area contributed by atoms with Crippen LogP contribution in [0.25, 0.3) is 0 Å². The number of rotatable bonds is 18. The number of hydrogen-bond donors (Lipinski definition) is 1. The quantitative estimate of drug-likeness (QED) is 0.0548. The molecular formula is C36H40F6O8. The van der Waals surface area contributed by atoms with Gasteiger partial charge in [0.05, 0.1) is 0 Å². The van der Waals surface area contributed by atoms with Gasteiger partial charge in [0.1, 0.15) is 0 Å². The fraction of sp³-hybridized carbons (Fsp3) is 0.472. The Morgan fingerprint density at radius 2 is 1.24 bits per heavy atom. The molecule has 8 nitrogen and oxygen atoms in total. The van der Waals surface area contributed by atoms with Gasteiger partial charge in [-0.3, -0.25) is 4.79 Å². The Labute approximate surface area is 286 Å². The lowest BCUT2D eigenvalue weighted by atomic mass is 9.92. The molecule has 0 heterocycles. The summed E-state index contributed by atoms with van der Waals surface area (Å²) in [7, 11) is 1.39. The van der Waals surface area contributed by atoms with Crippen molar-refractivity contribution in [1.82, 2.24) is 0 Å². The lowest BCUT2D eigenvalue weighted by molar-refractivity contribution is -0.278. The Morgan fingerprint density at radius 1 is 0.740 bits per heavy atom. The van der Waals surface area contributed by atoms with Crippen molar-refractivity contribution in [3.8, 4) is 11.8 Å². The van der Waals surface area contributed by atoms with E-state index in [9.17, 15) is 40.7 Å². The number of carbonyl (C=O) groups excluding carboxylic acids is 2. The van der Waals surface area contributed by atoms with Crippen molar-refractivity contribution in [2.75, 3.05) is 14.2 Å². The summed E-state index contributed by atoms with van der Waals surface area (Å²) in [6.07, 6.45) is -8.74.